The van der Waals surface area contributed by atoms with Crippen molar-refractivity contribution in [1.82, 2.24) is 0 Å². The van der Waals surface area contributed by atoms with Crippen LogP contribution in [0.1, 0.15) is 59.3 Å². The molecule has 0 aromatic carbocycles. The number of hydrogen-bond acceptors (Lipinski definition) is 3. The highest BCUT2D eigenvalue weighted by atomic mass is 16.6. The van der Waals surface area contributed by atoms with Crippen LogP contribution in [0.25, 0.3) is 0 Å². The highest BCUT2D eigenvalue weighted by Gasteiger charge is 2.60. The van der Waals surface area contributed by atoms with Gasteiger partial charge in [-0.05, 0) is 71.1 Å². The lowest BCUT2D eigenvalue weighted by atomic mass is 9.47. The summed E-state index contributed by atoms with van der Waals surface area (Å²) in [6, 6.07) is 0. The summed E-state index contributed by atoms with van der Waals surface area (Å²) in [5, 5.41) is 0. The van der Waals surface area contributed by atoms with Crippen LogP contribution < -0.4 is 5.73 Å². The van der Waals surface area contributed by atoms with E-state index in [9.17, 15) is 4.79 Å². The van der Waals surface area contributed by atoms with E-state index in [1.165, 1.54) is 6.42 Å². The monoisotopic (exact) mass is 251 g/mol. The van der Waals surface area contributed by atoms with E-state index in [4.69, 9.17) is 10.5 Å². The maximum atomic E-state index is 12.6. The van der Waals surface area contributed by atoms with Gasteiger partial charge >= 0.3 is 5.97 Å². The van der Waals surface area contributed by atoms with E-state index >= 15 is 0 Å². The second-order valence-corrected chi connectivity index (χ2v) is 8.11. The van der Waals surface area contributed by atoms with Crippen molar-refractivity contribution in [3.8, 4) is 0 Å². The van der Waals surface area contributed by atoms with E-state index < -0.39 is 0 Å². The molecule has 0 saturated heterocycles. The molecule has 0 aliphatic heterocycles. The number of hydrogen-bond donors (Lipinski definition) is 1. The molecule has 2 unspecified atom stereocenters. The second kappa shape index (κ2) is 3.50. The van der Waals surface area contributed by atoms with Crippen LogP contribution >= 0.6 is 0 Å². The first kappa shape index (κ1) is 12.5. The molecule has 0 aromatic rings. The van der Waals surface area contributed by atoms with E-state index in [0.29, 0.717) is 11.8 Å². The molecular formula is C15H25NO2. The van der Waals surface area contributed by atoms with Crippen molar-refractivity contribution in [3.63, 3.8) is 0 Å². The Labute approximate surface area is 109 Å². The van der Waals surface area contributed by atoms with Crippen molar-refractivity contribution in [2.75, 3.05) is 0 Å². The summed E-state index contributed by atoms with van der Waals surface area (Å²) in [4.78, 5) is 12.6. The first-order valence-electron chi connectivity index (χ1n) is 7.22. The van der Waals surface area contributed by atoms with Gasteiger partial charge in [0.05, 0.1) is 5.41 Å². The van der Waals surface area contributed by atoms with Gasteiger partial charge in [0.15, 0.2) is 0 Å². The first-order valence-corrected chi connectivity index (χ1v) is 7.22. The SMILES string of the molecule is CC(C)(C)OC(=O)C12CC3CC(CC(N)(C3)C1)C2. The summed E-state index contributed by atoms with van der Waals surface area (Å²) in [6.07, 6.45) is 6.39. The average molecular weight is 251 g/mol. The van der Waals surface area contributed by atoms with Crippen molar-refractivity contribution < 1.29 is 9.53 Å². The van der Waals surface area contributed by atoms with Crippen LogP contribution in [-0.2, 0) is 9.53 Å². The van der Waals surface area contributed by atoms with E-state index in [-0.39, 0.29) is 22.5 Å². The molecule has 4 aliphatic rings. The topological polar surface area (TPSA) is 52.3 Å². The van der Waals surface area contributed by atoms with Gasteiger partial charge in [-0.15, -0.1) is 0 Å². The van der Waals surface area contributed by atoms with Crippen molar-refractivity contribution in [3.05, 3.63) is 0 Å². The minimum absolute atomic E-state index is 0.0129. The molecule has 3 heteroatoms. The zero-order chi connectivity index (χ0) is 13.2. The van der Waals surface area contributed by atoms with Gasteiger partial charge in [0.1, 0.15) is 5.60 Å². The fourth-order valence-electron chi connectivity index (χ4n) is 4.96. The fourth-order valence-corrected chi connectivity index (χ4v) is 4.96. The van der Waals surface area contributed by atoms with Crippen LogP contribution in [0.15, 0.2) is 0 Å². The van der Waals surface area contributed by atoms with Gasteiger partial charge in [-0.3, -0.25) is 4.79 Å². The molecule has 0 spiro atoms. The predicted molar refractivity (Wildman–Crippen MR) is 69.9 cm³/mol. The molecule has 2 N–H and O–H groups in total. The van der Waals surface area contributed by atoms with Crippen molar-refractivity contribution in [2.45, 2.75) is 70.4 Å². The lowest BCUT2D eigenvalue weighted by Gasteiger charge is -2.59. The molecule has 2 atom stereocenters. The Hall–Kier alpha value is -0.570. The van der Waals surface area contributed by atoms with E-state index in [2.05, 4.69) is 0 Å². The average Bonchev–Trinajstić information content (AvgIpc) is 2.09. The molecule has 0 heterocycles. The Balaban J connectivity index is 1.85. The van der Waals surface area contributed by atoms with Crippen LogP contribution in [0.3, 0.4) is 0 Å². The Morgan fingerprint density at radius 2 is 1.72 bits per heavy atom. The van der Waals surface area contributed by atoms with E-state index in [1.54, 1.807) is 0 Å². The molecule has 18 heavy (non-hydrogen) atoms. The van der Waals surface area contributed by atoms with Gasteiger partial charge in [0, 0.05) is 5.54 Å². The van der Waals surface area contributed by atoms with Crippen LogP contribution in [-0.4, -0.2) is 17.1 Å². The van der Waals surface area contributed by atoms with Gasteiger partial charge in [0.2, 0.25) is 0 Å². The smallest absolute Gasteiger partial charge is 0.312 e. The van der Waals surface area contributed by atoms with Crippen molar-refractivity contribution >= 4 is 5.97 Å². The van der Waals surface area contributed by atoms with Gasteiger partial charge in [-0.1, -0.05) is 0 Å². The molecule has 4 rings (SSSR count). The number of esters is 1. The quantitative estimate of drug-likeness (QED) is 0.729. The molecule has 4 bridgehead atoms. The van der Waals surface area contributed by atoms with E-state index in [0.717, 1.165) is 32.1 Å². The lowest BCUT2D eigenvalue weighted by molar-refractivity contribution is -0.184. The maximum absolute atomic E-state index is 12.6. The van der Waals surface area contributed by atoms with Gasteiger partial charge in [0.25, 0.3) is 0 Å². The predicted octanol–water partition coefficient (Wildman–Crippen LogP) is 2.63. The Morgan fingerprint density at radius 3 is 2.17 bits per heavy atom. The number of rotatable bonds is 1. The molecular weight excluding hydrogens is 226 g/mol. The second-order valence-electron chi connectivity index (χ2n) is 8.11. The van der Waals surface area contributed by atoms with Crippen LogP contribution in [0, 0.1) is 17.3 Å². The molecule has 3 nitrogen and oxygen atoms in total. The molecule has 4 aliphatic carbocycles. The summed E-state index contributed by atoms with van der Waals surface area (Å²) in [6.45, 7) is 5.84. The molecule has 102 valence electrons. The van der Waals surface area contributed by atoms with Gasteiger partial charge < -0.3 is 10.5 Å². The molecule has 4 saturated carbocycles. The van der Waals surface area contributed by atoms with Crippen molar-refractivity contribution in [1.29, 1.82) is 0 Å². The largest absolute Gasteiger partial charge is 0.460 e. The third-order valence-corrected chi connectivity index (χ3v) is 4.94. The Morgan fingerprint density at radius 1 is 1.17 bits per heavy atom. The third-order valence-electron chi connectivity index (χ3n) is 4.94. The van der Waals surface area contributed by atoms with Crippen LogP contribution in [0.4, 0.5) is 0 Å². The molecule has 0 aromatic heterocycles. The third kappa shape index (κ3) is 1.97. The molecule has 4 fully saturated rings. The number of ether oxygens (including phenoxy) is 1. The molecule has 0 radical (unpaired) electrons. The number of nitrogens with two attached hydrogens (primary N) is 1. The standard InChI is InChI=1S/C15H25NO2/c1-13(2,3)18-12(17)14-5-10-4-11(6-14)8-15(16,7-10)9-14/h10-11H,4-9,16H2,1-3H3. The Bertz CT molecular complexity index is 368. The summed E-state index contributed by atoms with van der Waals surface area (Å²) in [5.41, 5.74) is 5.77. The summed E-state index contributed by atoms with van der Waals surface area (Å²) < 4.78 is 5.67. The summed E-state index contributed by atoms with van der Waals surface area (Å²) in [5.74, 6) is 1.33. The normalized spacial score (nSPS) is 46.2. The van der Waals surface area contributed by atoms with Gasteiger partial charge in [-0.2, -0.15) is 0 Å². The molecule has 0 amide bonds. The lowest BCUT2D eigenvalue weighted by Crippen LogP contribution is -2.62. The van der Waals surface area contributed by atoms with Crippen LogP contribution in [0.2, 0.25) is 0 Å². The zero-order valence-corrected chi connectivity index (χ0v) is 11.8. The summed E-state index contributed by atoms with van der Waals surface area (Å²) >= 11 is 0. The maximum Gasteiger partial charge on any atom is 0.312 e. The van der Waals surface area contributed by atoms with Crippen molar-refractivity contribution in [2.24, 2.45) is 23.0 Å². The summed E-state index contributed by atoms with van der Waals surface area (Å²) in [7, 11) is 0. The Kier molecular flexibility index (Phi) is 2.42. The minimum Gasteiger partial charge on any atom is -0.460 e. The highest BCUT2D eigenvalue weighted by molar-refractivity contribution is 5.78. The van der Waals surface area contributed by atoms with E-state index in [1.807, 2.05) is 20.8 Å². The number of carbonyl (C=O) groups is 1. The van der Waals surface area contributed by atoms with Crippen LogP contribution in [0.5, 0.6) is 0 Å². The fraction of sp³-hybridized carbons (Fsp3) is 0.933. The first-order chi connectivity index (χ1) is 8.20. The minimum atomic E-state index is -0.387. The zero-order valence-electron chi connectivity index (χ0n) is 11.8. The highest BCUT2D eigenvalue weighted by Crippen LogP contribution is 2.61. The number of carbonyl (C=O) groups excluding carboxylic acids is 1. The van der Waals surface area contributed by atoms with Gasteiger partial charge in [-0.25, -0.2) is 0 Å².